The summed E-state index contributed by atoms with van der Waals surface area (Å²) in [5.41, 5.74) is -0.359. The Morgan fingerprint density at radius 3 is 2.82 bits per heavy atom. The topological polar surface area (TPSA) is 84.2 Å². The number of hydrogen-bond acceptors (Lipinski definition) is 5. The molecule has 1 aromatic rings. The summed E-state index contributed by atoms with van der Waals surface area (Å²) in [4.78, 5) is 13.7. The van der Waals surface area contributed by atoms with E-state index in [0.717, 1.165) is 0 Å². The number of likely N-dealkylation sites (tertiary alicyclic amines) is 1. The SMILES string of the molecule is C#COC(=O)N1C[C@@H](C)C[C@]2(C)Oc3c(c(O)n(C)c3O)[C@H]12. The lowest BCUT2D eigenvalue weighted by Gasteiger charge is -2.44. The first kappa shape index (κ1) is 14.4. The van der Waals surface area contributed by atoms with E-state index in [4.69, 9.17) is 11.2 Å². The van der Waals surface area contributed by atoms with Crippen LogP contribution in [0.1, 0.15) is 31.9 Å². The van der Waals surface area contributed by atoms with Crippen molar-refractivity contribution in [2.75, 3.05) is 6.54 Å². The summed E-state index contributed by atoms with van der Waals surface area (Å²) in [6.07, 6.45) is 6.94. The van der Waals surface area contributed by atoms with Crippen LogP contribution in [0.2, 0.25) is 0 Å². The van der Waals surface area contributed by atoms with Crippen LogP contribution in [0, 0.1) is 18.4 Å². The van der Waals surface area contributed by atoms with Gasteiger partial charge in [0.25, 0.3) is 0 Å². The molecule has 118 valence electrons. The smallest absolute Gasteiger partial charge is 0.424 e. The van der Waals surface area contributed by atoms with Gasteiger partial charge in [0.1, 0.15) is 17.7 Å². The number of amides is 1. The van der Waals surface area contributed by atoms with Crippen molar-refractivity contribution in [2.24, 2.45) is 13.0 Å². The van der Waals surface area contributed by atoms with Crippen molar-refractivity contribution in [2.45, 2.75) is 31.9 Å². The van der Waals surface area contributed by atoms with Gasteiger partial charge in [-0.15, -0.1) is 0 Å². The van der Waals surface area contributed by atoms with E-state index in [-0.39, 0.29) is 23.4 Å². The standard InChI is InChI=1S/C15H18N2O5/c1-5-21-14(20)17-7-8(2)6-15(3)11(17)9-10(22-15)13(19)16(4)12(9)18/h1,8,11,18-19H,6-7H2,2-4H3/t8-,11-,15-/m0/s1. The molecule has 0 unspecified atom stereocenters. The van der Waals surface area contributed by atoms with E-state index >= 15 is 0 Å². The van der Waals surface area contributed by atoms with Crippen LogP contribution in [0.5, 0.6) is 17.5 Å². The molecule has 1 amide bonds. The van der Waals surface area contributed by atoms with Crippen molar-refractivity contribution in [1.82, 2.24) is 9.47 Å². The van der Waals surface area contributed by atoms with E-state index in [9.17, 15) is 15.0 Å². The van der Waals surface area contributed by atoms with Crippen molar-refractivity contribution in [3.05, 3.63) is 5.56 Å². The second kappa shape index (κ2) is 4.50. The molecule has 7 nitrogen and oxygen atoms in total. The second-order valence-electron chi connectivity index (χ2n) is 6.21. The normalized spacial score (nSPS) is 29.3. The molecule has 2 aliphatic heterocycles. The van der Waals surface area contributed by atoms with Gasteiger partial charge >= 0.3 is 6.09 Å². The molecule has 3 rings (SSSR count). The first-order valence-corrected chi connectivity index (χ1v) is 7.02. The Hall–Kier alpha value is -2.49. The van der Waals surface area contributed by atoms with Gasteiger partial charge in [0.15, 0.2) is 5.75 Å². The van der Waals surface area contributed by atoms with Gasteiger partial charge in [0, 0.05) is 13.6 Å². The molecule has 22 heavy (non-hydrogen) atoms. The molecule has 0 spiro atoms. The van der Waals surface area contributed by atoms with Crippen LogP contribution in [0.3, 0.4) is 0 Å². The van der Waals surface area contributed by atoms with Crippen LogP contribution in [0.15, 0.2) is 0 Å². The third-order valence-electron chi connectivity index (χ3n) is 4.47. The molecule has 3 heterocycles. The Morgan fingerprint density at radius 2 is 2.18 bits per heavy atom. The number of nitrogens with zero attached hydrogens (tertiary/aromatic N) is 2. The summed E-state index contributed by atoms with van der Waals surface area (Å²) in [5, 5.41) is 20.4. The van der Waals surface area contributed by atoms with E-state index in [0.29, 0.717) is 18.5 Å². The number of carbonyl (C=O) groups is 1. The van der Waals surface area contributed by atoms with E-state index in [2.05, 4.69) is 4.74 Å². The monoisotopic (exact) mass is 306 g/mol. The molecular formula is C15H18N2O5. The van der Waals surface area contributed by atoms with E-state index in [1.54, 1.807) is 0 Å². The summed E-state index contributed by atoms with van der Waals surface area (Å²) in [5.74, 6) is 0.0732. The predicted molar refractivity (Wildman–Crippen MR) is 76.3 cm³/mol. The largest absolute Gasteiger partial charge is 0.494 e. The molecule has 0 bridgehead atoms. The lowest BCUT2D eigenvalue weighted by molar-refractivity contribution is -0.0385. The third-order valence-corrected chi connectivity index (χ3v) is 4.47. The number of rotatable bonds is 0. The third kappa shape index (κ3) is 1.73. The highest BCUT2D eigenvalue weighted by molar-refractivity contribution is 5.72. The fraction of sp³-hybridized carbons (Fsp3) is 0.533. The number of terminal acetylenes is 1. The summed E-state index contributed by atoms with van der Waals surface area (Å²) in [6, 6.07) is -0.563. The van der Waals surface area contributed by atoms with Crippen LogP contribution in [0.4, 0.5) is 4.79 Å². The van der Waals surface area contributed by atoms with Crippen molar-refractivity contribution in [3.8, 4) is 30.0 Å². The van der Waals surface area contributed by atoms with Gasteiger partial charge in [-0.3, -0.25) is 9.47 Å². The first-order chi connectivity index (χ1) is 10.3. The number of carbonyl (C=O) groups excluding carboxylic acids is 1. The summed E-state index contributed by atoms with van der Waals surface area (Å²) in [6.45, 7) is 4.27. The molecule has 0 aliphatic carbocycles. The minimum Gasteiger partial charge on any atom is -0.494 e. The zero-order valence-corrected chi connectivity index (χ0v) is 12.7. The first-order valence-electron chi connectivity index (χ1n) is 7.02. The van der Waals surface area contributed by atoms with Gasteiger partial charge in [0.2, 0.25) is 11.8 Å². The molecule has 1 saturated heterocycles. The molecule has 2 N–H and O–H groups in total. The van der Waals surface area contributed by atoms with Gasteiger partial charge in [-0.1, -0.05) is 13.3 Å². The van der Waals surface area contributed by atoms with E-state index in [1.807, 2.05) is 20.0 Å². The van der Waals surface area contributed by atoms with Crippen molar-refractivity contribution in [1.29, 1.82) is 0 Å². The van der Waals surface area contributed by atoms with Crippen molar-refractivity contribution < 1.29 is 24.5 Å². The molecule has 1 aromatic heterocycles. The molecule has 7 heteroatoms. The molecule has 3 atom stereocenters. The summed E-state index contributed by atoms with van der Waals surface area (Å²) < 4.78 is 11.8. The second-order valence-corrected chi connectivity index (χ2v) is 6.21. The van der Waals surface area contributed by atoms with Crippen LogP contribution < -0.4 is 4.74 Å². The van der Waals surface area contributed by atoms with Crippen molar-refractivity contribution in [3.63, 3.8) is 0 Å². The van der Waals surface area contributed by atoms with E-state index < -0.39 is 17.7 Å². The fourth-order valence-corrected chi connectivity index (χ4v) is 3.72. The van der Waals surface area contributed by atoms with Crippen molar-refractivity contribution >= 4 is 6.09 Å². The molecular weight excluding hydrogens is 288 g/mol. The lowest BCUT2D eigenvalue weighted by Crippen LogP contribution is -2.54. The van der Waals surface area contributed by atoms with Crippen LogP contribution >= 0.6 is 0 Å². The maximum atomic E-state index is 12.2. The highest BCUT2D eigenvalue weighted by Crippen LogP contribution is 2.58. The van der Waals surface area contributed by atoms with Gasteiger partial charge in [0.05, 0.1) is 5.56 Å². The minimum absolute atomic E-state index is 0.130. The zero-order valence-electron chi connectivity index (χ0n) is 12.7. The minimum atomic E-state index is -0.751. The van der Waals surface area contributed by atoms with Gasteiger partial charge in [-0.25, -0.2) is 4.79 Å². The predicted octanol–water partition coefficient (Wildman–Crippen LogP) is 1.70. The lowest BCUT2D eigenvalue weighted by atomic mass is 9.80. The Kier molecular flexibility index (Phi) is 2.96. The van der Waals surface area contributed by atoms with E-state index in [1.165, 1.54) is 16.5 Å². The number of ether oxygens (including phenoxy) is 2. The average Bonchev–Trinajstić information content (AvgIpc) is 2.85. The Balaban J connectivity index is 2.12. The van der Waals surface area contributed by atoms with Crippen LogP contribution in [-0.2, 0) is 11.8 Å². The quantitative estimate of drug-likeness (QED) is 0.713. The Morgan fingerprint density at radius 1 is 1.50 bits per heavy atom. The van der Waals surface area contributed by atoms with Gasteiger partial charge in [-0.2, -0.15) is 0 Å². The molecule has 1 fully saturated rings. The fourth-order valence-electron chi connectivity index (χ4n) is 3.72. The number of aromatic hydroxyl groups is 2. The molecule has 0 saturated carbocycles. The molecule has 0 radical (unpaired) electrons. The molecule has 0 aromatic carbocycles. The van der Waals surface area contributed by atoms with Gasteiger partial charge < -0.3 is 19.7 Å². The highest BCUT2D eigenvalue weighted by atomic mass is 16.6. The average molecular weight is 306 g/mol. The number of fused-ring (bicyclic) bond motifs is 3. The maximum absolute atomic E-state index is 12.2. The zero-order chi connectivity index (χ0) is 16.2. The maximum Gasteiger partial charge on any atom is 0.424 e. The van der Waals surface area contributed by atoms with Crippen LogP contribution in [0.25, 0.3) is 0 Å². The van der Waals surface area contributed by atoms with Crippen LogP contribution in [-0.4, -0.2) is 37.9 Å². The summed E-state index contributed by atoms with van der Waals surface area (Å²) >= 11 is 0. The van der Waals surface area contributed by atoms with Gasteiger partial charge in [-0.05, 0) is 19.3 Å². The number of aromatic nitrogens is 1. The summed E-state index contributed by atoms with van der Waals surface area (Å²) in [7, 11) is 1.51. The Labute approximate surface area is 128 Å². The molecule has 2 aliphatic rings. The highest BCUT2D eigenvalue weighted by Gasteiger charge is 2.57. The number of hydrogen-bond donors (Lipinski definition) is 2. The number of piperidine rings is 1. The Bertz CT molecular complexity index is 689.